The Morgan fingerprint density at radius 1 is 1.11 bits per heavy atom. The molecule has 0 unspecified atom stereocenters. The van der Waals surface area contributed by atoms with Crippen molar-refractivity contribution in [1.82, 2.24) is 19.4 Å². The van der Waals surface area contributed by atoms with Crippen LogP contribution in [-0.2, 0) is 13.1 Å². The third-order valence-electron chi connectivity index (χ3n) is 5.34. The number of hydrogen-bond acceptors (Lipinski definition) is 3. The number of benzene rings is 1. The zero-order valence-corrected chi connectivity index (χ0v) is 15.2. The fraction of sp³-hybridized carbons (Fsp3) is 0.350. The molecule has 3 heterocycles. The molecule has 6 nitrogen and oxygen atoms in total. The average Bonchev–Trinajstić information content (AvgIpc) is 3.18. The number of imidazole rings is 1. The highest BCUT2D eigenvalue weighted by atomic mass is 19.1. The first kappa shape index (κ1) is 18.2. The molecule has 0 saturated carbocycles. The summed E-state index contributed by atoms with van der Waals surface area (Å²) in [6, 6.07) is 5.26. The SMILES string of the molecule is N#CC(=C1CCN(C(=O)N2CCn3cncc3C2)CC1)c1ccc(F)cc1F. The lowest BCUT2D eigenvalue weighted by atomic mass is 9.93. The van der Waals surface area contributed by atoms with Gasteiger partial charge in [0.1, 0.15) is 11.6 Å². The third-order valence-corrected chi connectivity index (χ3v) is 5.34. The second kappa shape index (κ2) is 7.43. The van der Waals surface area contributed by atoms with Crippen molar-refractivity contribution in [3.8, 4) is 6.07 Å². The third kappa shape index (κ3) is 3.36. The van der Waals surface area contributed by atoms with Crippen LogP contribution in [0.5, 0.6) is 0 Å². The van der Waals surface area contributed by atoms with Gasteiger partial charge in [0, 0.05) is 44.0 Å². The number of nitriles is 1. The van der Waals surface area contributed by atoms with E-state index in [1.54, 1.807) is 22.3 Å². The number of rotatable bonds is 1. The Balaban J connectivity index is 1.46. The van der Waals surface area contributed by atoms with E-state index in [1.165, 1.54) is 6.07 Å². The molecule has 28 heavy (non-hydrogen) atoms. The van der Waals surface area contributed by atoms with Crippen LogP contribution in [-0.4, -0.2) is 45.0 Å². The molecule has 2 aromatic rings. The molecule has 4 rings (SSSR count). The smallest absolute Gasteiger partial charge is 0.320 e. The van der Waals surface area contributed by atoms with Crippen LogP contribution in [0.15, 0.2) is 36.3 Å². The Kier molecular flexibility index (Phi) is 4.82. The predicted octanol–water partition coefficient (Wildman–Crippen LogP) is 3.17. The normalized spacial score (nSPS) is 16.5. The molecule has 1 fully saturated rings. The fourth-order valence-electron chi connectivity index (χ4n) is 3.79. The maximum Gasteiger partial charge on any atom is 0.320 e. The lowest BCUT2D eigenvalue weighted by Crippen LogP contribution is -2.48. The summed E-state index contributed by atoms with van der Waals surface area (Å²) in [4.78, 5) is 20.5. The van der Waals surface area contributed by atoms with E-state index in [0.717, 1.165) is 29.9 Å². The minimum atomic E-state index is -0.743. The molecule has 1 saturated heterocycles. The standard InChI is InChI=1S/C20H19F2N5O/c21-15-1-2-17(19(22)9-15)18(10-23)14-3-5-25(6-4-14)20(28)26-7-8-27-13-24-11-16(27)12-26/h1-2,9,11,13H,3-8,12H2. The first-order valence-corrected chi connectivity index (χ1v) is 9.17. The molecular formula is C20H19F2N5O. The number of fused-ring (bicyclic) bond motifs is 1. The quantitative estimate of drug-likeness (QED) is 0.711. The van der Waals surface area contributed by atoms with E-state index >= 15 is 0 Å². The van der Waals surface area contributed by atoms with E-state index in [9.17, 15) is 18.8 Å². The van der Waals surface area contributed by atoms with E-state index in [-0.39, 0.29) is 17.2 Å². The van der Waals surface area contributed by atoms with Crippen molar-refractivity contribution in [2.24, 2.45) is 0 Å². The monoisotopic (exact) mass is 383 g/mol. The van der Waals surface area contributed by atoms with Gasteiger partial charge in [-0.3, -0.25) is 0 Å². The molecule has 1 aromatic carbocycles. The largest absolute Gasteiger partial charge is 0.331 e. The van der Waals surface area contributed by atoms with Crippen LogP contribution in [0.3, 0.4) is 0 Å². The summed E-state index contributed by atoms with van der Waals surface area (Å²) in [6.45, 7) is 2.83. The van der Waals surface area contributed by atoms with E-state index in [1.807, 2.05) is 4.57 Å². The maximum absolute atomic E-state index is 14.1. The lowest BCUT2D eigenvalue weighted by molar-refractivity contribution is 0.137. The summed E-state index contributed by atoms with van der Waals surface area (Å²) in [5, 5.41) is 9.51. The maximum atomic E-state index is 14.1. The molecule has 2 aliphatic heterocycles. The van der Waals surface area contributed by atoms with Crippen LogP contribution in [0.1, 0.15) is 24.1 Å². The molecule has 2 aliphatic rings. The average molecular weight is 383 g/mol. The molecule has 144 valence electrons. The number of carbonyl (C=O) groups is 1. The summed E-state index contributed by atoms with van der Waals surface area (Å²) in [5.74, 6) is -1.42. The number of amides is 2. The summed E-state index contributed by atoms with van der Waals surface area (Å²) >= 11 is 0. The van der Waals surface area contributed by atoms with Crippen molar-refractivity contribution in [3.63, 3.8) is 0 Å². The highest BCUT2D eigenvalue weighted by Crippen LogP contribution is 2.29. The number of likely N-dealkylation sites (tertiary alicyclic amines) is 1. The summed E-state index contributed by atoms with van der Waals surface area (Å²) in [6.07, 6.45) is 4.54. The highest BCUT2D eigenvalue weighted by Gasteiger charge is 2.28. The topological polar surface area (TPSA) is 65.2 Å². The summed E-state index contributed by atoms with van der Waals surface area (Å²) < 4.78 is 29.3. The van der Waals surface area contributed by atoms with Gasteiger partial charge in [0.2, 0.25) is 0 Å². The Labute approximate surface area is 161 Å². The van der Waals surface area contributed by atoms with E-state index in [4.69, 9.17) is 0 Å². The number of nitrogens with zero attached hydrogens (tertiary/aromatic N) is 5. The molecule has 0 radical (unpaired) electrons. The number of hydrogen-bond donors (Lipinski definition) is 0. The van der Waals surface area contributed by atoms with Gasteiger partial charge in [-0.1, -0.05) is 0 Å². The molecule has 0 bridgehead atoms. The Bertz CT molecular complexity index is 981. The molecule has 0 atom stereocenters. The van der Waals surface area contributed by atoms with Crippen LogP contribution in [0, 0.1) is 23.0 Å². The zero-order chi connectivity index (χ0) is 19.7. The van der Waals surface area contributed by atoms with Crippen molar-refractivity contribution in [3.05, 3.63) is 59.2 Å². The van der Waals surface area contributed by atoms with Crippen LogP contribution in [0.2, 0.25) is 0 Å². The minimum absolute atomic E-state index is 0.0297. The van der Waals surface area contributed by atoms with E-state index in [2.05, 4.69) is 11.1 Å². The van der Waals surface area contributed by atoms with Gasteiger partial charge in [-0.25, -0.2) is 18.6 Å². The Morgan fingerprint density at radius 2 is 1.89 bits per heavy atom. The predicted molar refractivity (Wildman–Crippen MR) is 97.7 cm³/mol. The Hall–Kier alpha value is -3.21. The van der Waals surface area contributed by atoms with Gasteiger partial charge >= 0.3 is 6.03 Å². The second-order valence-electron chi connectivity index (χ2n) is 6.98. The highest BCUT2D eigenvalue weighted by molar-refractivity contribution is 5.80. The minimum Gasteiger partial charge on any atom is -0.331 e. The number of allylic oxidation sites excluding steroid dienone is 1. The van der Waals surface area contributed by atoms with E-state index in [0.29, 0.717) is 39.0 Å². The van der Waals surface area contributed by atoms with Gasteiger partial charge in [-0.2, -0.15) is 5.26 Å². The molecule has 0 N–H and O–H groups in total. The fourth-order valence-corrected chi connectivity index (χ4v) is 3.79. The molecule has 0 spiro atoms. The van der Waals surface area contributed by atoms with Crippen molar-refractivity contribution >= 4 is 11.6 Å². The van der Waals surface area contributed by atoms with E-state index < -0.39 is 11.6 Å². The number of piperidine rings is 1. The van der Waals surface area contributed by atoms with Gasteiger partial charge in [0.05, 0.1) is 30.2 Å². The van der Waals surface area contributed by atoms with Crippen molar-refractivity contribution in [1.29, 1.82) is 5.26 Å². The van der Waals surface area contributed by atoms with Gasteiger partial charge in [0.25, 0.3) is 0 Å². The number of aromatic nitrogens is 2. The van der Waals surface area contributed by atoms with Crippen LogP contribution in [0.25, 0.3) is 5.57 Å². The second-order valence-corrected chi connectivity index (χ2v) is 6.98. The number of urea groups is 1. The van der Waals surface area contributed by atoms with Crippen LogP contribution < -0.4 is 0 Å². The molecule has 8 heteroatoms. The van der Waals surface area contributed by atoms with Crippen LogP contribution >= 0.6 is 0 Å². The van der Waals surface area contributed by atoms with Crippen molar-refractivity contribution in [2.45, 2.75) is 25.9 Å². The molecular weight excluding hydrogens is 364 g/mol. The van der Waals surface area contributed by atoms with Gasteiger partial charge < -0.3 is 14.4 Å². The lowest BCUT2D eigenvalue weighted by Gasteiger charge is -2.36. The first-order chi connectivity index (χ1) is 13.6. The summed E-state index contributed by atoms with van der Waals surface area (Å²) in [5.41, 5.74) is 2.17. The van der Waals surface area contributed by atoms with Crippen LogP contribution in [0.4, 0.5) is 13.6 Å². The number of halogens is 2. The van der Waals surface area contributed by atoms with Gasteiger partial charge in [0.15, 0.2) is 0 Å². The molecule has 1 aromatic heterocycles. The molecule has 2 amide bonds. The first-order valence-electron chi connectivity index (χ1n) is 9.17. The van der Waals surface area contributed by atoms with Crippen molar-refractivity contribution < 1.29 is 13.6 Å². The molecule has 0 aliphatic carbocycles. The van der Waals surface area contributed by atoms with Crippen molar-refractivity contribution in [2.75, 3.05) is 19.6 Å². The zero-order valence-electron chi connectivity index (χ0n) is 15.2. The summed E-state index contributed by atoms with van der Waals surface area (Å²) in [7, 11) is 0. The van der Waals surface area contributed by atoms with Gasteiger partial charge in [-0.15, -0.1) is 0 Å². The van der Waals surface area contributed by atoms with Gasteiger partial charge in [-0.05, 0) is 30.5 Å². The number of carbonyl (C=O) groups excluding carboxylic acids is 1. The Morgan fingerprint density at radius 3 is 2.61 bits per heavy atom.